The number of hydrogen-bond acceptors (Lipinski definition) is 3. The van der Waals surface area contributed by atoms with Crippen molar-refractivity contribution in [1.82, 2.24) is 10.6 Å². The van der Waals surface area contributed by atoms with Gasteiger partial charge in [-0.15, -0.1) is 24.0 Å². The van der Waals surface area contributed by atoms with E-state index in [1.165, 1.54) is 13.2 Å². The number of aliphatic imine (C=N–C) groups is 1. The molecule has 0 heterocycles. The highest BCUT2D eigenvalue weighted by atomic mass is 127. The van der Waals surface area contributed by atoms with Crippen molar-refractivity contribution in [2.75, 3.05) is 14.2 Å². The van der Waals surface area contributed by atoms with Crippen LogP contribution >= 0.6 is 24.0 Å². The van der Waals surface area contributed by atoms with Crippen molar-refractivity contribution in [3.63, 3.8) is 0 Å². The number of rotatable bonds is 5. The Morgan fingerprint density at radius 1 is 1.27 bits per heavy atom. The normalized spacial score (nSPS) is 11.7. The van der Waals surface area contributed by atoms with Crippen LogP contribution < -0.4 is 15.4 Å². The van der Waals surface area contributed by atoms with Gasteiger partial charge >= 0.3 is 0 Å². The van der Waals surface area contributed by atoms with Gasteiger partial charge in [-0.05, 0) is 42.3 Å². The van der Waals surface area contributed by atoms with Crippen LogP contribution in [-0.2, 0) is 6.54 Å². The van der Waals surface area contributed by atoms with Crippen LogP contribution in [0, 0.1) is 17.1 Å². The fourth-order valence-corrected chi connectivity index (χ4v) is 2.32. The molecule has 0 spiro atoms. The van der Waals surface area contributed by atoms with E-state index >= 15 is 0 Å². The van der Waals surface area contributed by atoms with Gasteiger partial charge in [-0.25, -0.2) is 4.39 Å². The average molecular weight is 468 g/mol. The highest BCUT2D eigenvalue weighted by Crippen LogP contribution is 2.21. The van der Waals surface area contributed by atoms with Gasteiger partial charge in [-0.3, -0.25) is 4.99 Å². The van der Waals surface area contributed by atoms with Crippen molar-refractivity contribution < 1.29 is 9.13 Å². The number of nitrogens with one attached hydrogen (secondary N) is 2. The van der Waals surface area contributed by atoms with Crippen LogP contribution in [0.3, 0.4) is 0 Å². The smallest absolute Gasteiger partial charge is 0.191 e. The first-order chi connectivity index (χ1) is 12.1. The second kappa shape index (κ2) is 10.6. The summed E-state index contributed by atoms with van der Waals surface area (Å²) in [4.78, 5) is 4.18. The number of nitriles is 1. The minimum Gasteiger partial charge on any atom is -0.494 e. The van der Waals surface area contributed by atoms with E-state index in [1.807, 2.05) is 25.1 Å². The predicted octanol–water partition coefficient (Wildman–Crippen LogP) is 3.75. The summed E-state index contributed by atoms with van der Waals surface area (Å²) in [5, 5.41) is 15.2. The zero-order valence-corrected chi connectivity index (χ0v) is 17.2. The summed E-state index contributed by atoms with van der Waals surface area (Å²) in [6.07, 6.45) is 0. The zero-order chi connectivity index (χ0) is 18.2. The first-order valence-corrected chi connectivity index (χ1v) is 7.87. The second-order valence-corrected chi connectivity index (χ2v) is 5.49. The zero-order valence-electron chi connectivity index (χ0n) is 14.9. The summed E-state index contributed by atoms with van der Waals surface area (Å²) in [6.45, 7) is 2.49. The Hall–Kier alpha value is -2.34. The topological polar surface area (TPSA) is 69.4 Å². The molecular weight excluding hydrogens is 446 g/mol. The molecule has 0 fully saturated rings. The molecule has 7 heteroatoms. The standard InChI is InChI=1S/C19H21FN4O.HI/c1-13(16-8-9-18(25-3)17(20)10-16)24-19(22-2)23-12-15-6-4-14(11-21)5-7-15;/h4-10,13H,12H2,1-3H3,(H2,22,23,24);1H. The van der Waals surface area contributed by atoms with Crippen LogP contribution in [0.25, 0.3) is 0 Å². The summed E-state index contributed by atoms with van der Waals surface area (Å²) >= 11 is 0. The summed E-state index contributed by atoms with van der Waals surface area (Å²) in [5.41, 5.74) is 2.45. The molecule has 26 heavy (non-hydrogen) atoms. The van der Waals surface area contributed by atoms with E-state index in [0.717, 1.165) is 11.1 Å². The quantitative estimate of drug-likeness (QED) is 0.399. The molecule has 2 aromatic carbocycles. The number of ether oxygens (including phenoxy) is 1. The Kier molecular flexibility index (Phi) is 8.85. The number of hydrogen-bond donors (Lipinski definition) is 2. The molecule has 0 aliphatic rings. The number of benzene rings is 2. The van der Waals surface area contributed by atoms with E-state index in [0.29, 0.717) is 18.1 Å². The van der Waals surface area contributed by atoms with E-state index in [4.69, 9.17) is 10.00 Å². The molecule has 2 aromatic rings. The van der Waals surface area contributed by atoms with Gasteiger partial charge in [0.05, 0.1) is 24.8 Å². The largest absolute Gasteiger partial charge is 0.494 e. The van der Waals surface area contributed by atoms with Gasteiger partial charge in [0.1, 0.15) is 0 Å². The molecule has 5 nitrogen and oxygen atoms in total. The van der Waals surface area contributed by atoms with E-state index in [-0.39, 0.29) is 35.8 Å². The van der Waals surface area contributed by atoms with Gasteiger partial charge in [-0.1, -0.05) is 18.2 Å². The van der Waals surface area contributed by atoms with Crippen LogP contribution in [0.4, 0.5) is 4.39 Å². The fraction of sp³-hybridized carbons (Fsp3) is 0.263. The van der Waals surface area contributed by atoms with Crippen molar-refractivity contribution in [2.24, 2.45) is 4.99 Å². The molecule has 2 rings (SSSR count). The predicted molar refractivity (Wildman–Crippen MR) is 111 cm³/mol. The van der Waals surface area contributed by atoms with E-state index in [2.05, 4.69) is 21.7 Å². The lowest BCUT2D eigenvalue weighted by atomic mass is 10.1. The third-order valence-corrected chi connectivity index (χ3v) is 3.80. The molecule has 1 unspecified atom stereocenters. The molecule has 1 atom stereocenters. The lowest BCUT2D eigenvalue weighted by Gasteiger charge is -2.19. The SMILES string of the molecule is CN=C(NCc1ccc(C#N)cc1)NC(C)c1ccc(OC)c(F)c1.I. The van der Waals surface area contributed by atoms with Crippen molar-refractivity contribution in [1.29, 1.82) is 5.26 Å². The maximum Gasteiger partial charge on any atom is 0.191 e. The van der Waals surface area contributed by atoms with Gasteiger partial charge in [0, 0.05) is 13.6 Å². The lowest BCUT2D eigenvalue weighted by Crippen LogP contribution is -2.38. The van der Waals surface area contributed by atoms with Crippen LogP contribution in [0.2, 0.25) is 0 Å². The molecule has 0 aromatic heterocycles. The van der Waals surface area contributed by atoms with Gasteiger partial charge in [0.25, 0.3) is 0 Å². The Morgan fingerprint density at radius 3 is 2.50 bits per heavy atom. The Balaban J connectivity index is 0.00000338. The van der Waals surface area contributed by atoms with E-state index in [1.54, 1.807) is 25.2 Å². The first-order valence-electron chi connectivity index (χ1n) is 7.87. The summed E-state index contributed by atoms with van der Waals surface area (Å²) in [5.74, 6) is 0.432. The fourth-order valence-electron chi connectivity index (χ4n) is 2.32. The molecule has 0 saturated heterocycles. The first kappa shape index (κ1) is 21.7. The van der Waals surface area contributed by atoms with Gasteiger partial charge < -0.3 is 15.4 Å². The maximum atomic E-state index is 13.8. The molecule has 2 N–H and O–H groups in total. The molecule has 0 aliphatic heterocycles. The minimum absolute atomic E-state index is 0. The summed E-state index contributed by atoms with van der Waals surface area (Å²) in [7, 11) is 3.12. The summed E-state index contributed by atoms with van der Waals surface area (Å²) in [6, 6.07) is 14.2. The van der Waals surface area contributed by atoms with Crippen molar-refractivity contribution in [3.05, 3.63) is 65.0 Å². The van der Waals surface area contributed by atoms with Crippen molar-refractivity contribution >= 4 is 29.9 Å². The van der Waals surface area contributed by atoms with E-state index in [9.17, 15) is 4.39 Å². The van der Waals surface area contributed by atoms with Gasteiger partial charge in [-0.2, -0.15) is 5.26 Å². The molecule has 0 aliphatic carbocycles. The molecule has 0 radical (unpaired) electrons. The van der Waals surface area contributed by atoms with Crippen LogP contribution in [-0.4, -0.2) is 20.1 Å². The molecular formula is C19H22FIN4O. The number of methoxy groups -OCH3 is 1. The van der Waals surface area contributed by atoms with Crippen LogP contribution in [0.5, 0.6) is 5.75 Å². The van der Waals surface area contributed by atoms with Gasteiger partial charge in [0.15, 0.2) is 17.5 Å². The van der Waals surface area contributed by atoms with Crippen molar-refractivity contribution in [2.45, 2.75) is 19.5 Å². The molecule has 138 valence electrons. The van der Waals surface area contributed by atoms with Crippen LogP contribution in [0.15, 0.2) is 47.5 Å². The Morgan fingerprint density at radius 2 is 1.96 bits per heavy atom. The van der Waals surface area contributed by atoms with Crippen molar-refractivity contribution in [3.8, 4) is 11.8 Å². The van der Waals surface area contributed by atoms with Gasteiger partial charge in [0.2, 0.25) is 0 Å². The monoisotopic (exact) mass is 468 g/mol. The van der Waals surface area contributed by atoms with E-state index < -0.39 is 5.82 Å². The minimum atomic E-state index is -0.394. The molecule has 0 saturated carbocycles. The number of halogens is 2. The summed E-state index contributed by atoms with van der Waals surface area (Å²) < 4.78 is 18.8. The highest BCUT2D eigenvalue weighted by Gasteiger charge is 2.11. The maximum absolute atomic E-state index is 13.8. The molecule has 0 amide bonds. The number of nitrogens with zero attached hydrogens (tertiary/aromatic N) is 2. The Labute approximate surface area is 170 Å². The average Bonchev–Trinajstić information content (AvgIpc) is 2.65. The third kappa shape index (κ3) is 5.88. The van der Waals surface area contributed by atoms with Crippen LogP contribution in [0.1, 0.15) is 29.7 Å². The number of guanidine groups is 1. The Bertz CT molecular complexity index is 787. The highest BCUT2D eigenvalue weighted by molar-refractivity contribution is 14.0. The lowest BCUT2D eigenvalue weighted by molar-refractivity contribution is 0.386. The second-order valence-electron chi connectivity index (χ2n) is 5.49. The molecule has 0 bridgehead atoms. The third-order valence-electron chi connectivity index (χ3n) is 3.80.